The zero-order valence-electron chi connectivity index (χ0n) is 11.4. The van der Waals surface area contributed by atoms with Crippen LogP contribution in [0.1, 0.15) is 30.8 Å². The third-order valence-corrected chi connectivity index (χ3v) is 4.51. The Morgan fingerprint density at radius 3 is 2.81 bits per heavy atom. The molecule has 0 saturated heterocycles. The maximum absolute atomic E-state index is 13.8. The quantitative estimate of drug-likeness (QED) is 0.752. The average Bonchev–Trinajstić information content (AvgIpc) is 2.99. The van der Waals surface area contributed by atoms with Crippen LogP contribution in [0.5, 0.6) is 0 Å². The topological polar surface area (TPSA) is 95.1 Å². The number of hydrogen-bond acceptors (Lipinski definition) is 4. The molecule has 0 aliphatic carbocycles. The van der Waals surface area contributed by atoms with Crippen LogP contribution in [0.4, 0.5) is 4.39 Å². The number of nitrogens with zero attached hydrogens (tertiary/aromatic N) is 1. The van der Waals surface area contributed by atoms with Gasteiger partial charge in [0.1, 0.15) is 16.5 Å². The van der Waals surface area contributed by atoms with Gasteiger partial charge < -0.3 is 10.1 Å². The molecular formula is C13H16FN3O3S. The zero-order valence-corrected chi connectivity index (χ0v) is 12.2. The molecule has 1 heterocycles. The van der Waals surface area contributed by atoms with Gasteiger partial charge in [0.2, 0.25) is 10.0 Å². The number of benzene rings is 1. The molecule has 0 aliphatic rings. The van der Waals surface area contributed by atoms with Crippen molar-refractivity contribution in [2.45, 2.75) is 30.9 Å². The van der Waals surface area contributed by atoms with Gasteiger partial charge in [-0.25, -0.2) is 22.5 Å². The highest BCUT2D eigenvalue weighted by atomic mass is 32.2. The van der Waals surface area contributed by atoms with E-state index in [9.17, 15) is 12.8 Å². The fourth-order valence-electron chi connectivity index (χ4n) is 1.90. The highest BCUT2D eigenvalue weighted by molar-refractivity contribution is 7.89. The molecule has 2 rings (SSSR count). The van der Waals surface area contributed by atoms with Gasteiger partial charge in [0.15, 0.2) is 0 Å². The Hall–Kier alpha value is -1.77. The van der Waals surface area contributed by atoms with E-state index in [1.807, 2.05) is 0 Å². The second kappa shape index (κ2) is 6.33. The van der Waals surface area contributed by atoms with Crippen LogP contribution in [0.2, 0.25) is 0 Å². The highest BCUT2D eigenvalue weighted by Gasteiger charge is 2.24. The highest BCUT2D eigenvalue weighted by Crippen LogP contribution is 2.20. The van der Waals surface area contributed by atoms with Crippen molar-refractivity contribution in [3.8, 4) is 0 Å². The first-order valence-corrected chi connectivity index (χ1v) is 7.87. The third kappa shape index (κ3) is 3.46. The summed E-state index contributed by atoms with van der Waals surface area (Å²) in [4.78, 5) is 6.35. The minimum absolute atomic E-state index is 0.322. The zero-order chi connectivity index (χ0) is 15.5. The number of aliphatic hydroxyl groups excluding tert-OH is 1. The van der Waals surface area contributed by atoms with E-state index in [4.69, 9.17) is 5.11 Å². The molecule has 0 radical (unpaired) electrons. The summed E-state index contributed by atoms with van der Waals surface area (Å²) in [6, 6.07) is 2.89. The summed E-state index contributed by atoms with van der Waals surface area (Å²) in [5.74, 6) is -0.409. The van der Waals surface area contributed by atoms with Crippen LogP contribution in [0, 0.1) is 5.82 Å². The molecular weight excluding hydrogens is 297 g/mol. The van der Waals surface area contributed by atoms with Crippen LogP contribution >= 0.6 is 0 Å². The summed E-state index contributed by atoms with van der Waals surface area (Å²) in [6.45, 7) is 1.42. The molecule has 1 atom stereocenters. The van der Waals surface area contributed by atoms with E-state index in [1.165, 1.54) is 12.3 Å². The molecule has 0 fully saturated rings. The number of halogens is 1. The molecule has 1 aromatic carbocycles. The molecule has 0 spiro atoms. The van der Waals surface area contributed by atoms with E-state index in [1.54, 1.807) is 13.1 Å². The second-order valence-corrected chi connectivity index (χ2v) is 6.16. The molecule has 21 heavy (non-hydrogen) atoms. The predicted molar refractivity (Wildman–Crippen MR) is 74.3 cm³/mol. The first-order chi connectivity index (χ1) is 9.97. The number of sulfonamides is 1. The average molecular weight is 313 g/mol. The lowest BCUT2D eigenvalue weighted by molar-refractivity contribution is 0.281. The van der Waals surface area contributed by atoms with Crippen molar-refractivity contribution >= 4 is 10.0 Å². The van der Waals surface area contributed by atoms with E-state index in [-0.39, 0.29) is 6.61 Å². The predicted octanol–water partition coefficient (Wildman–Crippen LogP) is 1.47. The van der Waals surface area contributed by atoms with Gasteiger partial charge in [-0.2, -0.15) is 0 Å². The van der Waals surface area contributed by atoms with Gasteiger partial charge in [0.05, 0.1) is 12.6 Å². The fraction of sp³-hybridized carbons (Fsp3) is 0.308. The first-order valence-electron chi connectivity index (χ1n) is 6.38. The lowest BCUT2D eigenvalue weighted by Crippen LogP contribution is -2.29. The SMILES string of the molecule is CCC(NS(=O)(=O)c1cc(CO)ccc1F)c1ncc[nH]1. The Kier molecular flexibility index (Phi) is 4.71. The molecule has 3 N–H and O–H groups in total. The van der Waals surface area contributed by atoms with Gasteiger partial charge in [-0.05, 0) is 24.1 Å². The van der Waals surface area contributed by atoms with Crippen molar-refractivity contribution in [1.82, 2.24) is 14.7 Å². The number of imidazole rings is 1. The molecule has 8 heteroatoms. The Morgan fingerprint density at radius 2 is 2.24 bits per heavy atom. The minimum atomic E-state index is -4.06. The number of nitrogens with one attached hydrogen (secondary N) is 2. The van der Waals surface area contributed by atoms with E-state index in [0.29, 0.717) is 17.8 Å². The standard InChI is InChI=1S/C13H16FN3O3S/c1-2-11(13-15-5-6-16-13)17-21(19,20)12-7-9(8-18)3-4-10(12)14/h3-7,11,17-18H,2,8H2,1H3,(H,15,16). The third-order valence-electron chi connectivity index (χ3n) is 3.02. The van der Waals surface area contributed by atoms with Crippen LogP contribution in [0.15, 0.2) is 35.5 Å². The summed E-state index contributed by atoms with van der Waals surface area (Å²) < 4.78 is 40.8. The fourth-order valence-corrected chi connectivity index (χ4v) is 3.31. The van der Waals surface area contributed by atoms with Crippen LogP contribution in [-0.4, -0.2) is 23.5 Å². The molecule has 1 aromatic heterocycles. The van der Waals surface area contributed by atoms with E-state index in [2.05, 4.69) is 14.7 Å². The monoisotopic (exact) mass is 313 g/mol. The lowest BCUT2D eigenvalue weighted by Gasteiger charge is -2.15. The summed E-state index contributed by atoms with van der Waals surface area (Å²) in [7, 11) is -4.06. The number of rotatable bonds is 6. The molecule has 2 aromatic rings. The van der Waals surface area contributed by atoms with Crippen molar-refractivity contribution in [3.63, 3.8) is 0 Å². The van der Waals surface area contributed by atoms with E-state index < -0.39 is 26.8 Å². The van der Waals surface area contributed by atoms with Crippen molar-refractivity contribution < 1.29 is 17.9 Å². The van der Waals surface area contributed by atoms with Crippen LogP contribution in [0.25, 0.3) is 0 Å². The Morgan fingerprint density at radius 1 is 1.48 bits per heavy atom. The molecule has 0 bridgehead atoms. The maximum atomic E-state index is 13.8. The van der Waals surface area contributed by atoms with Gasteiger partial charge in [-0.3, -0.25) is 0 Å². The molecule has 0 saturated carbocycles. The number of aliphatic hydroxyl groups is 1. The molecule has 0 amide bonds. The first kappa shape index (κ1) is 15.6. The Labute approximate surface area is 122 Å². The van der Waals surface area contributed by atoms with Crippen LogP contribution in [-0.2, 0) is 16.6 Å². The Balaban J connectivity index is 2.34. The molecule has 114 valence electrons. The molecule has 6 nitrogen and oxygen atoms in total. The number of hydrogen-bond donors (Lipinski definition) is 3. The molecule has 1 unspecified atom stereocenters. The second-order valence-electron chi connectivity index (χ2n) is 4.48. The van der Waals surface area contributed by atoms with Crippen molar-refractivity contribution in [1.29, 1.82) is 0 Å². The maximum Gasteiger partial charge on any atom is 0.244 e. The smallest absolute Gasteiger partial charge is 0.244 e. The van der Waals surface area contributed by atoms with Crippen LogP contribution in [0.3, 0.4) is 0 Å². The Bertz CT molecular complexity index is 701. The van der Waals surface area contributed by atoms with Crippen molar-refractivity contribution in [2.75, 3.05) is 0 Å². The van der Waals surface area contributed by atoms with Gasteiger partial charge in [0.25, 0.3) is 0 Å². The summed E-state index contributed by atoms with van der Waals surface area (Å²) in [5.41, 5.74) is 0.322. The number of H-pyrrole nitrogens is 1. The van der Waals surface area contributed by atoms with Gasteiger partial charge in [-0.1, -0.05) is 13.0 Å². The van der Waals surface area contributed by atoms with E-state index >= 15 is 0 Å². The lowest BCUT2D eigenvalue weighted by atomic mass is 10.2. The largest absolute Gasteiger partial charge is 0.392 e. The summed E-state index contributed by atoms with van der Waals surface area (Å²) >= 11 is 0. The normalized spacial score (nSPS) is 13.3. The van der Waals surface area contributed by atoms with E-state index in [0.717, 1.165) is 12.1 Å². The summed E-state index contributed by atoms with van der Waals surface area (Å²) in [6.07, 6.45) is 3.55. The summed E-state index contributed by atoms with van der Waals surface area (Å²) in [5, 5.41) is 9.04. The van der Waals surface area contributed by atoms with Gasteiger partial charge in [0, 0.05) is 12.4 Å². The number of aromatic nitrogens is 2. The van der Waals surface area contributed by atoms with Gasteiger partial charge >= 0.3 is 0 Å². The van der Waals surface area contributed by atoms with Crippen LogP contribution < -0.4 is 4.72 Å². The number of aromatic amines is 1. The molecule has 0 aliphatic heterocycles. The van der Waals surface area contributed by atoms with Crippen molar-refractivity contribution in [2.24, 2.45) is 0 Å². The van der Waals surface area contributed by atoms with Gasteiger partial charge in [-0.15, -0.1) is 0 Å². The van der Waals surface area contributed by atoms with Crippen molar-refractivity contribution in [3.05, 3.63) is 47.8 Å². The minimum Gasteiger partial charge on any atom is -0.392 e.